The molecule has 2 aromatic carbocycles. The predicted octanol–water partition coefficient (Wildman–Crippen LogP) is 3.17. The van der Waals surface area contributed by atoms with Crippen molar-refractivity contribution in [2.24, 2.45) is 5.73 Å². The molecule has 0 aromatic heterocycles. The zero-order valence-corrected chi connectivity index (χ0v) is 14.1. The van der Waals surface area contributed by atoms with E-state index in [0.29, 0.717) is 30.5 Å². The van der Waals surface area contributed by atoms with Crippen molar-refractivity contribution in [3.8, 4) is 11.5 Å². The molecule has 0 radical (unpaired) electrons. The van der Waals surface area contributed by atoms with E-state index in [1.165, 1.54) is 5.56 Å². The van der Waals surface area contributed by atoms with E-state index in [1.54, 1.807) is 24.3 Å². The van der Waals surface area contributed by atoms with Gasteiger partial charge in [0.2, 0.25) is 0 Å². The van der Waals surface area contributed by atoms with Crippen LogP contribution in [0.5, 0.6) is 11.5 Å². The van der Waals surface area contributed by atoms with Gasteiger partial charge in [-0.1, -0.05) is 26.0 Å². The van der Waals surface area contributed by atoms with E-state index in [9.17, 15) is 4.79 Å². The lowest BCUT2D eigenvalue weighted by Crippen LogP contribution is -2.20. The van der Waals surface area contributed by atoms with Crippen molar-refractivity contribution in [3.63, 3.8) is 0 Å². The SMILES string of the molecule is CC(C)c1cccc(OCC(=O)Nc2ccc(OCCN)cc2)c1. The molecule has 0 atom stereocenters. The number of nitrogens with two attached hydrogens (primary N) is 1. The van der Waals surface area contributed by atoms with Gasteiger partial charge < -0.3 is 20.5 Å². The first kappa shape index (κ1) is 17.8. The third-order valence-corrected chi connectivity index (χ3v) is 3.42. The fourth-order valence-corrected chi connectivity index (χ4v) is 2.12. The first-order valence-corrected chi connectivity index (χ1v) is 8.04. The lowest BCUT2D eigenvalue weighted by Gasteiger charge is -2.11. The highest BCUT2D eigenvalue weighted by Crippen LogP contribution is 2.20. The van der Waals surface area contributed by atoms with Gasteiger partial charge in [0.25, 0.3) is 5.91 Å². The van der Waals surface area contributed by atoms with Gasteiger partial charge in [0, 0.05) is 12.2 Å². The summed E-state index contributed by atoms with van der Waals surface area (Å²) < 4.78 is 10.9. The normalized spacial score (nSPS) is 10.5. The summed E-state index contributed by atoms with van der Waals surface area (Å²) >= 11 is 0. The molecule has 0 aliphatic heterocycles. The number of ether oxygens (including phenoxy) is 2. The number of carbonyl (C=O) groups is 1. The monoisotopic (exact) mass is 328 g/mol. The second-order valence-electron chi connectivity index (χ2n) is 5.73. The second kappa shape index (κ2) is 8.93. The standard InChI is InChI=1S/C19H24N2O3/c1-14(2)15-4-3-5-18(12-15)24-13-19(22)21-16-6-8-17(9-7-16)23-11-10-20/h3-9,12,14H,10-11,13,20H2,1-2H3,(H,21,22). The fraction of sp³-hybridized carbons (Fsp3) is 0.316. The Bertz CT molecular complexity index is 654. The Labute approximate surface area is 142 Å². The van der Waals surface area contributed by atoms with Gasteiger partial charge in [-0.15, -0.1) is 0 Å². The van der Waals surface area contributed by atoms with Crippen LogP contribution in [0.4, 0.5) is 5.69 Å². The number of anilines is 1. The molecule has 1 amide bonds. The summed E-state index contributed by atoms with van der Waals surface area (Å²) in [5.74, 6) is 1.63. The minimum atomic E-state index is -0.208. The minimum absolute atomic E-state index is 0.0347. The molecule has 0 unspecified atom stereocenters. The van der Waals surface area contributed by atoms with Crippen LogP contribution >= 0.6 is 0 Å². The lowest BCUT2D eigenvalue weighted by molar-refractivity contribution is -0.118. The average Bonchev–Trinajstić information content (AvgIpc) is 2.59. The maximum absolute atomic E-state index is 12.0. The number of hydrogen-bond acceptors (Lipinski definition) is 4. The second-order valence-corrected chi connectivity index (χ2v) is 5.73. The van der Waals surface area contributed by atoms with Gasteiger partial charge in [0.15, 0.2) is 6.61 Å². The number of amides is 1. The number of nitrogens with one attached hydrogen (secondary N) is 1. The Morgan fingerprint density at radius 3 is 2.50 bits per heavy atom. The van der Waals surface area contributed by atoms with Gasteiger partial charge in [0.1, 0.15) is 18.1 Å². The predicted molar refractivity (Wildman–Crippen MR) is 95.6 cm³/mol. The molecule has 2 rings (SSSR count). The fourth-order valence-electron chi connectivity index (χ4n) is 2.12. The third-order valence-electron chi connectivity index (χ3n) is 3.42. The van der Waals surface area contributed by atoms with Crippen LogP contribution in [0.1, 0.15) is 25.3 Å². The van der Waals surface area contributed by atoms with Gasteiger partial charge in [0.05, 0.1) is 0 Å². The summed E-state index contributed by atoms with van der Waals surface area (Å²) in [7, 11) is 0. The molecular weight excluding hydrogens is 304 g/mol. The van der Waals surface area contributed by atoms with E-state index >= 15 is 0 Å². The van der Waals surface area contributed by atoms with E-state index in [0.717, 1.165) is 5.75 Å². The van der Waals surface area contributed by atoms with Gasteiger partial charge in [-0.25, -0.2) is 0 Å². The summed E-state index contributed by atoms with van der Waals surface area (Å²) in [4.78, 5) is 12.0. The number of rotatable bonds is 8. The molecule has 0 aliphatic rings. The number of benzene rings is 2. The molecule has 0 heterocycles. The van der Waals surface area contributed by atoms with E-state index in [1.807, 2.05) is 24.3 Å². The van der Waals surface area contributed by atoms with E-state index < -0.39 is 0 Å². The maximum Gasteiger partial charge on any atom is 0.262 e. The molecule has 3 N–H and O–H groups in total. The summed E-state index contributed by atoms with van der Waals surface area (Å²) in [5.41, 5.74) is 7.26. The van der Waals surface area contributed by atoms with Crippen molar-refractivity contribution in [2.45, 2.75) is 19.8 Å². The van der Waals surface area contributed by atoms with Crippen LogP contribution in [0.3, 0.4) is 0 Å². The van der Waals surface area contributed by atoms with Crippen LogP contribution in [0.15, 0.2) is 48.5 Å². The molecule has 0 fully saturated rings. The topological polar surface area (TPSA) is 73.6 Å². The van der Waals surface area contributed by atoms with Crippen molar-refractivity contribution in [1.82, 2.24) is 0 Å². The van der Waals surface area contributed by atoms with Crippen LogP contribution < -0.4 is 20.5 Å². The molecule has 0 aliphatic carbocycles. The third kappa shape index (κ3) is 5.59. The molecule has 0 bridgehead atoms. The Balaban J connectivity index is 1.83. The lowest BCUT2D eigenvalue weighted by atomic mass is 10.0. The summed E-state index contributed by atoms with van der Waals surface area (Å²) in [6, 6.07) is 14.9. The van der Waals surface area contributed by atoms with Crippen LogP contribution in [0.25, 0.3) is 0 Å². The number of hydrogen-bond donors (Lipinski definition) is 2. The Morgan fingerprint density at radius 2 is 1.83 bits per heavy atom. The quantitative estimate of drug-likeness (QED) is 0.780. The molecule has 0 saturated heterocycles. The van der Waals surface area contributed by atoms with Crippen molar-refractivity contribution in [3.05, 3.63) is 54.1 Å². The average molecular weight is 328 g/mol. The Morgan fingerprint density at radius 1 is 1.08 bits per heavy atom. The Kier molecular flexibility index (Phi) is 6.63. The van der Waals surface area contributed by atoms with Crippen LogP contribution in [-0.2, 0) is 4.79 Å². The summed E-state index contributed by atoms with van der Waals surface area (Å²) in [6.07, 6.45) is 0. The zero-order valence-electron chi connectivity index (χ0n) is 14.1. The molecule has 2 aromatic rings. The minimum Gasteiger partial charge on any atom is -0.492 e. The van der Waals surface area contributed by atoms with Crippen molar-refractivity contribution in [1.29, 1.82) is 0 Å². The van der Waals surface area contributed by atoms with Gasteiger partial charge in [-0.3, -0.25) is 4.79 Å². The highest BCUT2D eigenvalue weighted by Gasteiger charge is 2.06. The van der Waals surface area contributed by atoms with Gasteiger partial charge >= 0.3 is 0 Å². The van der Waals surface area contributed by atoms with E-state index in [4.69, 9.17) is 15.2 Å². The smallest absolute Gasteiger partial charge is 0.262 e. The first-order chi connectivity index (χ1) is 11.6. The largest absolute Gasteiger partial charge is 0.492 e. The van der Waals surface area contributed by atoms with Gasteiger partial charge in [-0.05, 0) is 47.9 Å². The highest BCUT2D eigenvalue weighted by atomic mass is 16.5. The van der Waals surface area contributed by atoms with Crippen molar-refractivity contribution >= 4 is 11.6 Å². The molecule has 5 nitrogen and oxygen atoms in total. The maximum atomic E-state index is 12.0. The molecule has 128 valence electrons. The van der Waals surface area contributed by atoms with E-state index in [2.05, 4.69) is 19.2 Å². The van der Waals surface area contributed by atoms with Crippen LogP contribution in [-0.4, -0.2) is 25.7 Å². The summed E-state index contributed by atoms with van der Waals surface area (Å²) in [5, 5.41) is 2.79. The molecular formula is C19H24N2O3. The Hall–Kier alpha value is -2.53. The first-order valence-electron chi connectivity index (χ1n) is 8.04. The van der Waals surface area contributed by atoms with E-state index in [-0.39, 0.29) is 12.5 Å². The molecule has 24 heavy (non-hydrogen) atoms. The van der Waals surface area contributed by atoms with Crippen LogP contribution in [0, 0.1) is 0 Å². The van der Waals surface area contributed by atoms with Crippen molar-refractivity contribution in [2.75, 3.05) is 25.1 Å². The highest BCUT2D eigenvalue weighted by molar-refractivity contribution is 5.91. The molecule has 0 spiro atoms. The molecule has 5 heteroatoms. The number of carbonyl (C=O) groups excluding carboxylic acids is 1. The summed E-state index contributed by atoms with van der Waals surface area (Å²) in [6.45, 7) is 5.13. The zero-order chi connectivity index (χ0) is 17.4. The van der Waals surface area contributed by atoms with Crippen molar-refractivity contribution < 1.29 is 14.3 Å². The van der Waals surface area contributed by atoms with Gasteiger partial charge in [-0.2, -0.15) is 0 Å². The van der Waals surface area contributed by atoms with Crippen LogP contribution in [0.2, 0.25) is 0 Å². The molecule has 0 saturated carbocycles.